The van der Waals surface area contributed by atoms with E-state index in [1.165, 1.54) is 8.61 Å². The average Bonchev–Trinajstić information content (AvgIpc) is 3.36. The van der Waals surface area contributed by atoms with Gasteiger partial charge in [0.05, 0.1) is 13.2 Å². The minimum absolute atomic E-state index is 0. The lowest BCUT2D eigenvalue weighted by Crippen LogP contribution is -2.33. The van der Waals surface area contributed by atoms with E-state index in [-0.39, 0.29) is 34.5 Å². The lowest BCUT2D eigenvalue weighted by Gasteiger charge is -2.21. The van der Waals surface area contributed by atoms with Crippen molar-refractivity contribution < 1.29 is 32.3 Å². The maximum absolute atomic E-state index is 10.9. The van der Waals surface area contributed by atoms with Gasteiger partial charge in [-0.05, 0) is 12.8 Å². The monoisotopic (exact) mass is 513 g/mol. The van der Waals surface area contributed by atoms with Crippen molar-refractivity contribution in [3.05, 3.63) is 0 Å². The largest absolute Gasteiger partial charge is 0.449 e. The standard InChI is InChI=1S/C5H9NO2.C5H9NO.C4H10N2O2S.C4H7NO2.3CH4/c1-6-3-2-4-8-5(6)7;1-6-4-2-3-5(6)7;1-5-3-4-6(2)9(5,7)8;1-5-2-3-7-4(5)6;;;/h2-4H2,1H3;2-4H2,1H3;3-4H2,1-2H3;2-3H2,1H3;3*1H4. The number of ether oxygens (including phenoxy) is 2. The fourth-order valence-electron chi connectivity index (χ4n) is 2.67. The van der Waals surface area contributed by atoms with Crippen molar-refractivity contribution in [3.8, 4) is 0 Å². The van der Waals surface area contributed by atoms with Gasteiger partial charge < -0.3 is 24.2 Å². The van der Waals surface area contributed by atoms with Gasteiger partial charge in [0.15, 0.2) is 0 Å². The van der Waals surface area contributed by atoms with Gasteiger partial charge in [0.1, 0.15) is 6.61 Å². The van der Waals surface area contributed by atoms with Gasteiger partial charge in [0, 0.05) is 67.8 Å². The summed E-state index contributed by atoms with van der Waals surface area (Å²) < 4.78 is 33.8. The Kier molecular flexibility index (Phi) is 18.6. The Morgan fingerprint density at radius 3 is 1.24 bits per heavy atom. The van der Waals surface area contributed by atoms with Crippen molar-refractivity contribution in [2.24, 2.45) is 0 Å². The molecule has 0 atom stereocenters. The molecule has 0 saturated carbocycles. The number of carbonyl (C=O) groups is 3. The van der Waals surface area contributed by atoms with Crippen molar-refractivity contribution in [1.82, 2.24) is 23.3 Å². The van der Waals surface area contributed by atoms with Crippen LogP contribution in [0.5, 0.6) is 0 Å². The van der Waals surface area contributed by atoms with Gasteiger partial charge in [0.2, 0.25) is 5.91 Å². The van der Waals surface area contributed by atoms with Crippen LogP contribution in [0, 0.1) is 0 Å². The summed E-state index contributed by atoms with van der Waals surface area (Å²) in [7, 11) is 5.43. The van der Waals surface area contributed by atoms with E-state index in [0.29, 0.717) is 32.2 Å². The maximum Gasteiger partial charge on any atom is 0.409 e. The third-order valence-electron chi connectivity index (χ3n) is 4.97. The Balaban J connectivity index is -0.000000368. The molecule has 34 heavy (non-hydrogen) atoms. The molecule has 0 aromatic carbocycles. The van der Waals surface area contributed by atoms with Gasteiger partial charge in [-0.2, -0.15) is 17.0 Å². The normalized spacial score (nSPS) is 21.1. The summed E-state index contributed by atoms with van der Waals surface area (Å²) >= 11 is 0. The molecule has 12 nitrogen and oxygen atoms in total. The molecule has 4 aliphatic rings. The number of hydrogen-bond acceptors (Lipinski definition) is 7. The molecule has 4 aliphatic heterocycles. The third-order valence-corrected chi connectivity index (χ3v) is 6.91. The first kappa shape index (κ1) is 36.4. The fourth-order valence-corrected chi connectivity index (χ4v) is 3.77. The Morgan fingerprint density at radius 1 is 0.618 bits per heavy atom. The maximum atomic E-state index is 10.9. The van der Waals surface area contributed by atoms with Crippen molar-refractivity contribution in [2.75, 3.05) is 81.2 Å². The Labute approximate surface area is 206 Å². The molecule has 0 bridgehead atoms. The van der Waals surface area contributed by atoms with E-state index < -0.39 is 10.2 Å². The summed E-state index contributed by atoms with van der Waals surface area (Å²) in [5, 5.41) is 0. The predicted octanol–water partition coefficient (Wildman–Crippen LogP) is 1.78. The van der Waals surface area contributed by atoms with Crippen LogP contribution in [0.1, 0.15) is 41.5 Å². The topological polar surface area (TPSA) is 120 Å². The highest BCUT2D eigenvalue weighted by molar-refractivity contribution is 7.86. The van der Waals surface area contributed by atoms with Crippen LogP contribution in [0.15, 0.2) is 0 Å². The van der Waals surface area contributed by atoms with Crippen LogP contribution in [-0.4, -0.2) is 131 Å². The Hall–Kier alpha value is -2.12. The molecule has 0 aromatic rings. The molecule has 0 N–H and O–H groups in total. The molecule has 204 valence electrons. The molecule has 0 aliphatic carbocycles. The van der Waals surface area contributed by atoms with E-state index in [1.54, 1.807) is 42.9 Å². The molecule has 0 radical (unpaired) electrons. The van der Waals surface area contributed by atoms with Crippen LogP contribution < -0.4 is 0 Å². The van der Waals surface area contributed by atoms with Crippen LogP contribution in [0.2, 0.25) is 0 Å². The number of rotatable bonds is 0. The lowest BCUT2D eigenvalue weighted by atomic mass is 10.4. The second-order valence-corrected chi connectivity index (χ2v) is 9.64. The molecule has 4 heterocycles. The van der Waals surface area contributed by atoms with Crippen LogP contribution in [0.3, 0.4) is 0 Å². The van der Waals surface area contributed by atoms with Gasteiger partial charge in [-0.1, -0.05) is 22.3 Å². The zero-order valence-corrected chi connectivity index (χ0v) is 19.9. The molecular weight excluding hydrogens is 466 g/mol. The summed E-state index contributed by atoms with van der Waals surface area (Å²) in [6.07, 6.45) is 2.37. The van der Waals surface area contributed by atoms with Gasteiger partial charge in [0.25, 0.3) is 10.2 Å². The highest BCUT2D eigenvalue weighted by atomic mass is 32.2. The van der Waals surface area contributed by atoms with Crippen LogP contribution in [-0.2, 0) is 24.5 Å². The SMILES string of the molecule is C.C.C.CN1CCCC1=O.CN1CCCOC1=O.CN1CCN(C)S1(=O)=O.CN1CCOC1=O. The number of nitrogens with zero attached hydrogens (tertiary/aromatic N) is 5. The first-order valence-electron chi connectivity index (χ1n) is 10.1. The number of amides is 3. The first-order chi connectivity index (χ1) is 14.5. The van der Waals surface area contributed by atoms with Crippen molar-refractivity contribution in [3.63, 3.8) is 0 Å². The zero-order valence-electron chi connectivity index (χ0n) is 19.1. The number of carbonyl (C=O) groups excluding carboxylic acids is 3. The van der Waals surface area contributed by atoms with E-state index >= 15 is 0 Å². The Bertz CT molecular complexity index is 680. The number of hydrogen-bond donors (Lipinski definition) is 0. The zero-order chi connectivity index (χ0) is 23.6. The average molecular weight is 514 g/mol. The minimum atomic E-state index is -3.04. The van der Waals surface area contributed by atoms with E-state index in [1.807, 2.05) is 7.05 Å². The minimum Gasteiger partial charge on any atom is -0.449 e. The Morgan fingerprint density at radius 2 is 1.06 bits per heavy atom. The van der Waals surface area contributed by atoms with Crippen LogP contribution in [0.25, 0.3) is 0 Å². The van der Waals surface area contributed by atoms with Crippen molar-refractivity contribution in [2.45, 2.75) is 41.5 Å². The van der Waals surface area contributed by atoms with Gasteiger partial charge in [-0.15, -0.1) is 0 Å². The molecular formula is C21H47N5O7S. The van der Waals surface area contributed by atoms with E-state index in [2.05, 4.69) is 9.47 Å². The van der Waals surface area contributed by atoms with E-state index in [0.717, 1.165) is 38.9 Å². The second kappa shape index (κ2) is 17.3. The molecule has 4 rings (SSSR count). The summed E-state index contributed by atoms with van der Waals surface area (Å²) in [5.41, 5.74) is 0. The predicted molar refractivity (Wildman–Crippen MR) is 134 cm³/mol. The summed E-state index contributed by atoms with van der Waals surface area (Å²) in [6, 6.07) is 0. The van der Waals surface area contributed by atoms with Gasteiger partial charge in [-0.25, -0.2) is 9.59 Å². The van der Waals surface area contributed by atoms with E-state index in [9.17, 15) is 22.8 Å². The molecule has 3 amide bonds. The summed E-state index contributed by atoms with van der Waals surface area (Å²) in [6.45, 7) is 4.88. The summed E-state index contributed by atoms with van der Waals surface area (Å²) in [5.74, 6) is 0.292. The quantitative estimate of drug-likeness (QED) is 0.484. The second-order valence-electron chi connectivity index (χ2n) is 7.50. The number of likely N-dealkylation sites (tertiary alicyclic amines) is 1. The lowest BCUT2D eigenvalue weighted by molar-refractivity contribution is -0.126. The van der Waals surface area contributed by atoms with Gasteiger partial charge in [-0.3, -0.25) is 4.79 Å². The highest BCUT2D eigenvalue weighted by Crippen LogP contribution is 2.09. The number of cyclic esters (lactones) is 2. The van der Waals surface area contributed by atoms with Crippen LogP contribution >= 0.6 is 0 Å². The smallest absolute Gasteiger partial charge is 0.409 e. The molecule has 4 saturated heterocycles. The van der Waals surface area contributed by atoms with Crippen LogP contribution in [0.4, 0.5) is 9.59 Å². The molecule has 0 spiro atoms. The molecule has 0 aromatic heterocycles. The fraction of sp³-hybridized carbons (Fsp3) is 0.857. The highest BCUT2D eigenvalue weighted by Gasteiger charge is 2.29. The summed E-state index contributed by atoms with van der Waals surface area (Å²) in [4.78, 5) is 36.2. The number of likely N-dealkylation sites (N-methyl/N-ethyl adjacent to an activating group) is 3. The third kappa shape index (κ3) is 11.8. The molecule has 0 unspecified atom stereocenters. The molecule has 13 heteroatoms. The van der Waals surface area contributed by atoms with Gasteiger partial charge >= 0.3 is 12.2 Å². The van der Waals surface area contributed by atoms with Crippen molar-refractivity contribution >= 4 is 28.3 Å². The van der Waals surface area contributed by atoms with Crippen molar-refractivity contribution in [1.29, 1.82) is 0 Å². The van der Waals surface area contributed by atoms with E-state index in [4.69, 9.17) is 0 Å². The molecule has 4 fully saturated rings. The first-order valence-corrected chi connectivity index (χ1v) is 11.5.